The third-order valence-corrected chi connectivity index (χ3v) is 4.28. The predicted octanol–water partition coefficient (Wildman–Crippen LogP) is 2.96. The summed E-state index contributed by atoms with van der Waals surface area (Å²) in [5.41, 5.74) is 4.75. The lowest BCUT2D eigenvalue weighted by atomic mass is 10.00. The van der Waals surface area contributed by atoms with E-state index in [0.717, 1.165) is 55.4 Å². The lowest BCUT2D eigenvalue weighted by Crippen LogP contribution is -2.32. The molecule has 1 aliphatic rings. The lowest BCUT2D eigenvalue weighted by molar-refractivity contribution is 0.339. The molecule has 5 heteroatoms. The van der Waals surface area contributed by atoms with Gasteiger partial charge in [-0.15, -0.1) is 5.10 Å². The monoisotopic (exact) mass is 312 g/mol. The van der Waals surface area contributed by atoms with Crippen molar-refractivity contribution in [2.24, 2.45) is 0 Å². The number of benzene rings is 1. The first kappa shape index (κ1) is 15.7. The molecule has 2 heterocycles. The molecule has 0 unspecified atom stereocenters. The van der Waals surface area contributed by atoms with E-state index in [2.05, 4.69) is 47.1 Å². The van der Waals surface area contributed by atoms with Crippen LogP contribution in [0.25, 0.3) is 0 Å². The van der Waals surface area contributed by atoms with Gasteiger partial charge in [0.1, 0.15) is 5.75 Å². The highest BCUT2D eigenvalue weighted by Gasteiger charge is 2.20. The maximum Gasteiger partial charge on any atom is 0.245 e. The Morgan fingerprint density at radius 2 is 1.87 bits per heavy atom. The second-order valence-corrected chi connectivity index (χ2v) is 5.75. The van der Waals surface area contributed by atoms with Crippen LogP contribution in [0.5, 0.6) is 5.75 Å². The van der Waals surface area contributed by atoms with Gasteiger partial charge in [0.2, 0.25) is 5.95 Å². The summed E-state index contributed by atoms with van der Waals surface area (Å²) < 4.78 is 5.62. The molecule has 0 N–H and O–H groups in total. The van der Waals surface area contributed by atoms with Crippen molar-refractivity contribution >= 4 is 5.95 Å². The molecule has 2 aromatic rings. The molecule has 0 saturated heterocycles. The number of hydrogen-bond donors (Lipinski definition) is 0. The zero-order chi connectivity index (χ0) is 16.2. The van der Waals surface area contributed by atoms with E-state index < -0.39 is 0 Å². The van der Waals surface area contributed by atoms with E-state index in [4.69, 9.17) is 9.72 Å². The van der Waals surface area contributed by atoms with Crippen LogP contribution in [0.4, 0.5) is 5.95 Å². The molecule has 23 heavy (non-hydrogen) atoms. The first-order chi connectivity index (χ1) is 11.2. The van der Waals surface area contributed by atoms with Crippen molar-refractivity contribution in [3.63, 3.8) is 0 Å². The summed E-state index contributed by atoms with van der Waals surface area (Å²) in [7, 11) is 0. The van der Waals surface area contributed by atoms with E-state index >= 15 is 0 Å². The SMILES string of the molecule is CCOc1ccc2c(c1)CN(c1nnc(CC)c(CC)n1)CC2. The van der Waals surface area contributed by atoms with Crippen molar-refractivity contribution in [3.05, 3.63) is 40.7 Å². The molecule has 3 rings (SSSR count). The van der Waals surface area contributed by atoms with E-state index in [0.29, 0.717) is 6.61 Å². The standard InChI is InChI=1S/C18H24N4O/c1-4-16-17(5-2)20-21-18(19-16)22-10-9-13-7-8-15(23-6-3)11-14(13)12-22/h7-8,11H,4-6,9-10,12H2,1-3H3. The Hall–Kier alpha value is -2.17. The first-order valence-corrected chi connectivity index (χ1v) is 8.47. The van der Waals surface area contributed by atoms with Gasteiger partial charge in [-0.3, -0.25) is 0 Å². The zero-order valence-corrected chi connectivity index (χ0v) is 14.2. The Balaban J connectivity index is 1.85. The van der Waals surface area contributed by atoms with Crippen molar-refractivity contribution in [3.8, 4) is 5.75 Å². The van der Waals surface area contributed by atoms with E-state index in [1.165, 1.54) is 11.1 Å². The van der Waals surface area contributed by atoms with Crippen LogP contribution >= 0.6 is 0 Å². The fourth-order valence-corrected chi connectivity index (χ4v) is 3.02. The van der Waals surface area contributed by atoms with Gasteiger partial charge in [-0.05, 0) is 49.4 Å². The second kappa shape index (κ2) is 6.94. The Morgan fingerprint density at radius 3 is 2.61 bits per heavy atom. The van der Waals surface area contributed by atoms with Crippen molar-refractivity contribution in [1.82, 2.24) is 15.2 Å². The summed E-state index contributed by atoms with van der Waals surface area (Å²) in [4.78, 5) is 6.95. The number of ether oxygens (including phenoxy) is 1. The molecule has 0 amide bonds. The molecule has 0 bridgehead atoms. The molecule has 0 radical (unpaired) electrons. The van der Waals surface area contributed by atoms with E-state index in [9.17, 15) is 0 Å². The second-order valence-electron chi connectivity index (χ2n) is 5.75. The summed E-state index contributed by atoms with van der Waals surface area (Å²) >= 11 is 0. The average molecular weight is 312 g/mol. The molecule has 122 valence electrons. The first-order valence-electron chi connectivity index (χ1n) is 8.47. The van der Waals surface area contributed by atoms with Crippen LogP contribution < -0.4 is 9.64 Å². The van der Waals surface area contributed by atoms with Crippen LogP contribution in [-0.2, 0) is 25.8 Å². The Bertz CT molecular complexity index is 687. The molecule has 1 aromatic carbocycles. The maximum absolute atomic E-state index is 5.62. The van der Waals surface area contributed by atoms with Gasteiger partial charge in [0.05, 0.1) is 18.0 Å². The predicted molar refractivity (Wildman–Crippen MR) is 90.9 cm³/mol. The van der Waals surface area contributed by atoms with Gasteiger partial charge in [0, 0.05) is 13.1 Å². The Labute approximate surface area is 137 Å². The topological polar surface area (TPSA) is 51.1 Å². The van der Waals surface area contributed by atoms with Crippen LogP contribution in [0.1, 0.15) is 43.3 Å². The molecule has 1 aliphatic heterocycles. The summed E-state index contributed by atoms with van der Waals surface area (Å²) in [5, 5.41) is 8.71. The third kappa shape index (κ3) is 3.28. The van der Waals surface area contributed by atoms with E-state index in [-0.39, 0.29) is 0 Å². The number of aromatic nitrogens is 3. The zero-order valence-electron chi connectivity index (χ0n) is 14.2. The number of rotatable bonds is 5. The van der Waals surface area contributed by atoms with Gasteiger partial charge >= 0.3 is 0 Å². The van der Waals surface area contributed by atoms with Gasteiger partial charge in [-0.2, -0.15) is 5.10 Å². The highest BCUT2D eigenvalue weighted by molar-refractivity contribution is 5.43. The smallest absolute Gasteiger partial charge is 0.245 e. The van der Waals surface area contributed by atoms with E-state index in [1.807, 2.05) is 6.92 Å². The van der Waals surface area contributed by atoms with Gasteiger partial charge in [0.15, 0.2) is 0 Å². The van der Waals surface area contributed by atoms with Gasteiger partial charge < -0.3 is 9.64 Å². The van der Waals surface area contributed by atoms with Crippen molar-refractivity contribution in [2.45, 2.75) is 46.6 Å². The number of aryl methyl sites for hydroxylation is 2. The van der Waals surface area contributed by atoms with Gasteiger partial charge in [0.25, 0.3) is 0 Å². The Morgan fingerprint density at radius 1 is 1.04 bits per heavy atom. The highest BCUT2D eigenvalue weighted by Crippen LogP contribution is 2.26. The highest BCUT2D eigenvalue weighted by atomic mass is 16.5. The van der Waals surface area contributed by atoms with Crippen LogP contribution in [0, 0.1) is 0 Å². The molecular formula is C18H24N4O. The van der Waals surface area contributed by atoms with Gasteiger partial charge in [-0.25, -0.2) is 4.98 Å². The summed E-state index contributed by atoms with van der Waals surface area (Å²) in [6, 6.07) is 6.37. The molecule has 0 spiro atoms. The normalized spacial score (nSPS) is 13.8. The summed E-state index contributed by atoms with van der Waals surface area (Å²) in [6.07, 6.45) is 2.77. The largest absolute Gasteiger partial charge is 0.494 e. The van der Waals surface area contributed by atoms with Crippen molar-refractivity contribution in [1.29, 1.82) is 0 Å². The molecule has 0 fully saturated rings. The fourth-order valence-electron chi connectivity index (χ4n) is 3.02. The fraction of sp³-hybridized carbons (Fsp3) is 0.500. The summed E-state index contributed by atoms with van der Waals surface area (Å²) in [6.45, 7) is 8.65. The molecule has 0 aliphatic carbocycles. The number of nitrogens with zero attached hydrogens (tertiary/aromatic N) is 4. The van der Waals surface area contributed by atoms with Crippen LogP contribution in [0.2, 0.25) is 0 Å². The lowest BCUT2D eigenvalue weighted by Gasteiger charge is -2.29. The number of hydrogen-bond acceptors (Lipinski definition) is 5. The minimum atomic E-state index is 0.688. The average Bonchev–Trinajstić information content (AvgIpc) is 2.60. The van der Waals surface area contributed by atoms with Crippen molar-refractivity contribution < 1.29 is 4.74 Å². The molecule has 0 atom stereocenters. The molecule has 1 aromatic heterocycles. The van der Waals surface area contributed by atoms with Crippen LogP contribution in [0.3, 0.4) is 0 Å². The summed E-state index contributed by atoms with van der Waals surface area (Å²) in [5.74, 6) is 1.68. The van der Waals surface area contributed by atoms with E-state index in [1.54, 1.807) is 0 Å². The maximum atomic E-state index is 5.62. The minimum Gasteiger partial charge on any atom is -0.494 e. The molecule has 0 saturated carbocycles. The Kier molecular flexibility index (Phi) is 4.74. The van der Waals surface area contributed by atoms with Crippen molar-refractivity contribution in [2.75, 3.05) is 18.1 Å². The molecular weight excluding hydrogens is 288 g/mol. The molecule has 5 nitrogen and oxygen atoms in total. The van der Waals surface area contributed by atoms with Gasteiger partial charge in [-0.1, -0.05) is 19.9 Å². The third-order valence-electron chi connectivity index (χ3n) is 4.28. The number of fused-ring (bicyclic) bond motifs is 1. The quantitative estimate of drug-likeness (QED) is 0.849. The van der Waals surface area contributed by atoms with Crippen LogP contribution in [-0.4, -0.2) is 28.3 Å². The number of anilines is 1. The van der Waals surface area contributed by atoms with Crippen LogP contribution in [0.15, 0.2) is 18.2 Å². The minimum absolute atomic E-state index is 0.688.